The van der Waals surface area contributed by atoms with Crippen LogP contribution >= 0.6 is 11.8 Å². The van der Waals surface area contributed by atoms with Gasteiger partial charge in [-0.1, -0.05) is 23.9 Å². The number of hydrogen-bond donors (Lipinski definition) is 1. The number of benzene rings is 1. The number of hydrogen-bond acceptors (Lipinski definition) is 8. The molecule has 168 valence electrons. The third kappa shape index (κ3) is 5.53. The molecule has 3 heterocycles. The number of nitrogens with one attached hydrogen (secondary N) is 1. The monoisotopic (exact) mass is 466 g/mol. The van der Waals surface area contributed by atoms with Crippen LogP contribution in [0, 0.1) is 5.82 Å². The van der Waals surface area contributed by atoms with Gasteiger partial charge in [0, 0.05) is 24.6 Å². The molecule has 4 aromatic rings. The lowest BCUT2D eigenvalue weighted by atomic mass is 10.1. The molecule has 1 aromatic carbocycles. The van der Waals surface area contributed by atoms with Gasteiger partial charge in [-0.15, -0.1) is 0 Å². The van der Waals surface area contributed by atoms with Gasteiger partial charge >= 0.3 is 5.97 Å². The van der Waals surface area contributed by atoms with Crippen LogP contribution in [0.5, 0.6) is 0 Å². The lowest BCUT2D eigenvalue weighted by Crippen LogP contribution is -2.17. The normalized spacial score (nSPS) is 10.8. The van der Waals surface area contributed by atoms with Crippen LogP contribution in [0.1, 0.15) is 34.2 Å². The molecule has 0 aliphatic heterocycles. The van der Waals surface area contributed by atoms with E-state index in [0.717, 1.165) is 11.1 Å². The van der Waals surface area contributed by atoms with Gasteiger partial charge in [-0.3, -0.25) is 4.79 Å². The van der Waals surface area contributed by atoms with Gasteiger partial charge in [-0.05, 0) is 42.3 Å². The van der Waals surface area contributed by atoms with Crippen LogP contribution in [0.15, 0.2) is 69.5 Å². The zero-order valence-corrected chi connectivity index (χ0v) is 18.4. The number of nitrogens with zero attached hydrogens (tertiary/aromatic N) is 3. The van der Waals surface area contributed by atoms with Gasteiger partial charge < -0.3 is 14.1 Å². The average Bonchev–Trinajstić information content (AvgIpc) is 3.31. The van der Waals surface area contributed by atoms with Crippen molar-refractivity contribution in [2.45, 2.75) is 24.3 Å². The van der Waals surface area contributed by atoms with Crippen molar-refractivity contribution in [3.63, 3.8) is 0 Å². The molecule has 0 aliphatic carbocycles. The van der Waals surface area contributed by atoms with Gasteiger partial charge in [-0.2, -0.15) is 0 Å². The van der Waals surface area contributed by atoms with Crippen molar-refractivity contribution >= 4 is 17.7 Å². The first-order valence-corrected chi connectivity index (χ1v) is 11.0. The Balaban J connectivity index is 1.69. The Morgan fingerprint density at radius 3 is 2.61 bits per heavy atom. The molecular formula is C23H19FN4O4S. The molecule has 0 saturated carbocycles. The van der Waals surface area contributed by atoms with E-state index in [1.165, 1.54) is 36.3 Å². The maximum absolute atomic E-state index is 13.2. The second kappa shape index (κ2) is 10.2. The minimum Gasteiger partial charge on any atom is -0.460 e. The summed E-state index contributed by atoms with van der Waals surface area (Å²) in [5.74, 6) is -0.163. The van der Waals surface area contributed by atoms with Crippen molar-refractivity contribution in [1.82, 2.24) is 19.9 Å². The van der Waals surface area contributed by atoms with Gasteiger partial charge in [0.1, 0.15) is 17.8 Å². The quantitative estimate of drug-likeness (QED) is 0.236. The zero-order valence-electron chi connectivity index (χ0n) is 17.6. The summed E-state index contributed by atoms with van der Waals surface area (Å²) in [6.07, 6.45) is 4.84. The highest BCUT2D eigenvalue weighted by Gasteiger charge is 2.20. The second-order valence-electron chi connectivity index (χ2n) is 6.92. The van der Waals surface area contributed by atoms with Crippen molar-refractivity contribution in [1.29, 1.82) is 0 Å². The smallest absolute Gasteiger partial charge is 0.374 e. The van der Waals surface area contributed by atoms with Crippen molar-refractivity contribution in [2.75, 3.05) is 6.61 Å². The van der Waals surface area contributed by atoms with Crippen molar-refractivity contribution < 1.29 is 18.3 Å². The van der Waals surface area contributed by atoms with E-state index in [2.05, 4.69) is 19.9 Å². The lowest BCUT2D eigenvalue weighted by Gasteiger charge is -2.09. The van der Waals surface area contributed by atoms with E-state index in [9.17, 15) is 14.0 Å². The third-order valence-electron chi connectivity index (χ3n) is 4.59. The summed E-state index contributed by atoms with van der Waals surface area (Å²) >= 11 is 1.29. The van der Waals surface area contributed by atoms with E-state index in [1.54, 1.807) is 37.5 Å². The van der Waals surface area contributed by atoms with E-state index in [4.69, 9.17) is 9.15 Å². The fraction of sp³-hybridized carbons (Fsp3) is 0.174. The Labute approximate surface area is 192 Å². The van der Waals surface area contributed by atoms with Gasteiger partial charge in [0.2, 0.25) is 5.76 Å². The molecule has 1 N–H and O–H groups in total. The Bertz CT molecular complexity index is 1310. The van der Waals surface area contributed by atoms with Crippen LogP contribution in [-0.2, 0) is 16.9 Å². The molecular weight excluding hydrogens is 447 g/mol. The molecule has 0 bridgehead atoms. The van der Waals surface area contributed by atoms with Crippen molar-refractivity contribution in [3.8, 4) is 11.5 Å². The number of carbonyl (C=O) groups is 1. The van der Waals surface area contributed by atoms with E-state index in [-0.39, 0.29) is 35.9 Å². The van der Waals surface area contributed by atoms with Crippen LogP contribution in [0.2, 0.25) is 0 Å². The Morgan fingerprint density at radius 2 is 1.88 bits per heavy atom. The van der Waals surface area contributed by atoms with Gasteiger partial charge in [0.15, 0.2) is 10.9 Å². The predicted octanol–water partition coefficient (Wildman–Crippen LogP) is 4.02. The van der Waals surface area contributed by atoms with Crippen LogP contribution < -0.4 is 5.56 Å². The first-order valence-electron chi connectivity index (χ1n) is 10.0. The molecule has 10 heteroatoms. The number of esters is 1. The Hall–Kier alpha value is -3.79. The van der Waals surface area contributed by atoms with Crippen LogP contribution in [-0.4, -0.2) is 32.5 Å². The summed E-state index contributed by atoms with van der Waals surface area (Å²) in [4.78, 5) is 40.4. The fourth-order valence-electron chi connectivity index (χ4n) is 3.05. The topological polar surface area (TPSA) is 111 Å². The molecule has 33 heavy (non-hydrogen) atoms. The maximum Gasteiger partial charge on any atom is 0.374 e. The molecule has 0 amide bonds. The number of halogens is 1. The molecule has 0 saturated heterocycles. The Morgan fingerprint density at radius 1 is 1.12 bits per heavy atom. The van der Waals surface area contributed by atoms with E-state index in [0.29, 0.717) is 22.2 Å². The second-order valence-corrected chi connectivity index (χ2v) is 7.89. The molecule has 0 fully saturated rings. The molecule has 8 nitrogen and oxygen atoms in total. The molecule has 0 unspecified atom stereocenters. The summed E-state index contributed by atoms with van der Waals surface area (Å²) in [6, 6.07) is 9.15. The third-order valence-corrected chi connectivity index (χ3v) is 5.54. The SMILES string of the molecule is CCOC(=O)c1ccc(-c2nc(SCc3ccc(F)cc3)[nH]c(=O)c2Cc2cncnc2)o1. The summed E-state index contributed by atoms with van der Waals surface area (Å²) in [6.45, 7) is 1.91. The number of rotatable bonds is 8. The highest BCUT2D eigenvalue weighted by atomic mass is 32.2. The number of H-pyrrole nitrogens is 1. The minimum absolute atomic E-state index is 0.0171. The molecule has 0 atom stereocenters. The summed E-state index contributed by atoms with van der Waals surface area (Å²) in [7, 11) is 0. The largest absolute Gasteiger partial charge is 0.460 e. The highest BCUT2D eigenvalue weighted by molar-refractivity contribution is 7.98. The molecule has 0 radical (unpaired) electrons. The maximum atomic E-state index is 13.2. The number of aromatic amines is 1. The number of aromatic nitrogens is 4. The van der Waals surface area contributed by atoms with Crippen LogP contribution in [0.3, 0.4) is 0 Å². The van der Waals surface area contributed by atoms with E-state index >= 15 is 0 Å². The Kier molecular flexibility index (Phi) is 6.94. The first-order chi connectivity index (χ1) is 16.0. The summed E-state index contributed by atoms with van der Waals surface area (Å²) in [5, 5.41) is 0.362. The summed E-state index contributed by atoms with van der Waals surface area (Å²) < 4.78 is 23.8. The zero-order chi connectivity index (χ0) is 23.2. The van der Waals surface area contributed by atoms with Crippen molar-refractivity contribution in [2.24, 2.45) is 0 Å². The van der Waals surface area contributed by atoms with E-state index in [1.807, 2.05) is 0 Å². The number of carbonyl (C=O) groups excluding carboxylic acids is 1. The van der Waals surface area contributed by atoms with Gasteiger partial charge in [0.25, 0.3) is 5.56 Å². The van der Waals surface area contributed by atoms with Crippen molar-refractivity contribution in [3.05, 3.63) is 93.7 Å². The predicted molar refractivity (Wildman–Crippen MR) is 119 cm³/mol. The standard InChI is InChI=1S/C23H19FN4O4S/c1-2-31-22(30)19-8-7-18(32-19)20-17(9-15-10-25-13-26-11-15)21(29)28-23(27-20)33-12-14-3-5-16(24)6-4-14/h3-8,10-11,13H,2,9,12H2,1H3,(H,27,28,29). The minimum atomic E-state index is -0.600. The number of furan rings is 1. The van der Waals surface area contributed by atoms with Gasteiger partial charge in [0.05, 0.1) is 12.2 Å². The molecule has 0 spiro atoms. The molecule has 0 aliphatic rings. The molecule has 3 aromatic heterocycles. The van der Waals surface area contributed by atoms with Crippen LogP contribution in [0.4, 0.5) is 4.39 Å². The molecule has 4 rings (SSSR count). The number of ether oxygens (including phenoxy) is 1. The highest BCUT2D eigenvalue weighted by Crippen LogP contribution is 2.27. The summed E-state index contributed by atoms with van der Waals surface area (Å²) in [5.41, 5.74) is 1.90. The lowest BCUT2D eigenvalue weighted by molar-refractivity contribution is 0.0491. The average molecular weight is 466 g/mol. The fourth-order valence-corrected chi connectivity index (χ4v) is 3.86. The van der Waals surface area contributed by atoms with Crippen LogP contribution in [0.25, 0.3) is 11.5 Å². The first kappa shape index (κ1) is 22.4. The number of thioether (sulfide) groups is 1. The van der Waals surface area contributed by atoms with Gasteiger partial charge in [-0.25, -0.2) is 24.1 Å². The van der Waals surface area contributed by atoms with E-state index < -0.39 is 5.97 Å².